The van der Waals surface area contributed by atoms with Gasteiger partial charge in [0, 0.05) is 16.2 Å². The maximum Gasteiger partial charge on any atom is 0.160 e. The Morgan fingerprint density at radius 1 is 1.20 bits per heavy atom. The fourth-order valence-electron chi connectivity index (χ4n) is 2.07. The van der Waals surface area contributed by atoms with Crippen molar-refractivity contribution in [1.82, 2.24) is 0 Å². The molecule has 2 N–H and O–H groups in total. The Labute approximate surface area is 127 Å². The van der Waals surface area contributed by atoms with Gasteiger partial charge in [0.05, 0.1) is 7.11 Å². The van der Waals surface area contributed by atoms with Crippen molar-refractivity contribution in [3.63, 3.8) is 0 Å². The number of aryl methyl sites for hydroxylation is 1. The normalized spacial score (nSPS) is 12.0. The maximum atomic E-state index is 9.63. The summed E-state index contributed by atoms with van der Waals surface area (Å²) in [6.07, 6.45) is 0. The number of halogens is 1. The highest BCUT2D eigenvalue weighted by atomic mass is 79.9. The van der Waals surface area contributed by atoms with Crippen LogP contribution in [0.15, 0.2) is 40.9 Å². The van der Waals surface area contributed by atoms with Gasteiger partial charge in [-0.1, -0.05) is 22.0 Å². The molecule has 4 heteroatoms. The van der Waals surface area contributed by atoms with Crippen molar-refractivity contribution in [2.75, 3.05) is 12.4 Å². The summed E-state index contributed by atoms with van der Waals surface area (Å²) in [4.78, 5) is 0. The number of hydrogen-bond acceptors (Lipinski definition) is 3. The highest BCUT2D eigenvalue weighted by Gasteiger charge is 2.10. The molecular weight excluding hydrogens is 318 g/mol. The van der Waals surface area contributed by atoms with E-state index in [0.717, 1.165) is 15.7 Å². The highest BCUT2D eigenvalue weighted by molar-refractivity contribution is 9.10. The fourth-order valence-corrected chi connectivity index (χ4v) is 2.54. The number of methoxy groups -OCH3 is 1. The SMILES string of the molecule is COc1cc(C(C)Nc2ccc(Br)cc2C)ccc1O. The zero-order valence-corrected chi connectivity index (χ0v) is 13.4. The molecule has 1 atom stereocenters. The molecule has 0 heterocycles. The van der Waals surface area contributed by atoms with Crippen LogP contribution in [-0.4, -0.2) is 12.2 Å². The molecular formula is C16H18BrNO2. The minimum absolute atomic E-state index is 0.115. The number of phenolic OH excluding ortho intramolecular Hbond substituents is 1. The maximum absolute atomic E-state index is 9.63. The van der Waals surface area contributed by atoms with Crippen molar-refractivity contribution < 1.29 is 9.84 Å². The van der Waals surface area contributed by atoms with E-state index in [4.69, 9.17) is 4.74 Å². The van der Waals surface area contributed by atoms with Gasteiger partial charge in [-0.2, -0.15) is 0 Å². The number of benzene rings is 2. The van der Waals surface area contributed by atoms with E-state index in [1.165, 1.54) is 5.56 Å². The van der Waals surface area contributed by atoms with Crippen LogP contribution in [0.1, 0.15) is 24.1 Å². The lowest BCUT2D eigenvalue weighted by Gasteiger charge is -2.18. The van der Waals surface area contributed by atoms with Crippen molar-refractivity contribution in [3.8, 4) is 11.5 Å². The van der Waals surface area contributed by atoms with Crippen LogP contribution in [0, 0.1) is 6.92 Å². The van der Waals surface area contributed by atoms with Crippen LogP contribution in [0.25, 0.3) is 0 Å². The predicted octanol–water partition coefficient (Wildman–Crippen LogP) is 4.64. The van der Waals surface area contributed by atoms with Gasteiger partial charge < -0.3 is 15.2 Å². The lowest BCUT2D eigenvalue weighted by atomic mass is 10.1. The van der Waals surface area contributed by atoms with Gasteiger partial charge in [0.2, 0.25) is 0 Å². The summed E-state index contributed by atoms with van der Waals surface area (Å²) in [6.45, 7) is 4.14. The smallest absolute Gasteiger partial charge is 0.160 e. The van der Waals surface area contributed by atoms with Crippen molar-refractivity contribution in [1.29, 1.82) is 0 Å². The molecule has 2 rings (SSSR count). The van der Waals surface area contributed by atoms with E-state index in [9.17, 15) is 5.11 Å². The van der Waals surface area contributed by atoms with Crippen LogP contribution in [0.5, 0.6) is 11.5 Å². The summed E-state index contributed by atoms with van der Waals surface area (Å²) >= 11 is 3.46. The highest BCUT2D eigenvalue weighted by Crippen LogP contribution is 2.31. The molecule has 1 unspecified atom stereocenters. The van der Waals surface area contributed by atoms with Crippen LogP contribution >= 0.6 is 15.9 Å². The summed E-state index contributed by atoms with van der Waals surface area (Å²) in [5, 5.41) is 13.1. The van der Waals surface area contributed by atoms with Gasteiger partial charge in [0.1, 0.15) is 0 Å². The minimum atomic E-state index is 0.115. The van der Waals surface area contributed by atoms with Crippen molar-refractivity contribution in [2.45, 2.75) is 19.9 Å². The number of hydrogen-bond donors (Lipinski definition) is 2. The molecule has 0 saturated carbocycles. The molecule has 0 aliphatic rings. The average Bonchev–Trinajstić information content (AvgIpc) is 2.42. The number of ether oxygens (including phenoxy) is 1. The molecule has 0 saturated heterocycles. The van der Waals surface area contributed by atoms with E-state index in [1.807, 2.05) is 24.3 Å². The third-order valence-electron chi connectivity index (χ3n) is 3.26. The Hall–Kier alpha value is -1.68. The molecule has 0 aliphatic carbocycles. The molecule has 0 aliphatic heterocycles. The van der Waals surface area contributed by atoms with Gasteiger partial charge in [0.25, 0.3) is 0 Å². The number of aromatic hydroxyl groups is 1. The fraction of sp³-hybridized carbons (Fsp3) is 0.250. The molecule has 0 spiro atoms. The summed E-state index contributed by atoms with van der Waals surface area (Å²) in [6, 6.07) is 11.6. The number of phenols is 1. The van der Waals surface area contributed by atoms with E-state index >= 15 is 0 Å². The number of rotatable bonds is 4. The molecule has 2 aromatic carbocycles. The van der Waals surface area contributed by atoms with Gasteiger partial charge in [-0.3, -0.25) is 0 Å². The van der Waals surface area contributed by atoms with Crippen molar-refractivity contribution in [2.24, 2.45) is 0 Å². The molecule has 20 heavy (non-hydrogen) atoms. The second kappa shape index (κ2) is 6.18. The first-order valence-electron chi connectivity index (χ1n) is 6.41. The largest absolute Gasteiger partial charge is 0.504 e. The Balaban J connectivity index is 2.21. The molecule has 0 bridgehead atoms. The minimum Gasteiger partial charge on any atom is -0.504 e. The Morgan fingerprint density at radius 3 is 2.60 bits per heavy atom. The second-order valence-corrected chi connectivity index (χ2v) is 5.67. The first-order chi connectivity index (χ1) is 9.51. The molecule has 0 amide bonds. The molecule has 0 fully saturated rings. The Bertz CT molecular complexity index is 613. The molecule has 0 aromatic heterocycles. The van der Waals surface area contributed by atoms with Crippen molar-refractivity contribution in [3.05, 3.63) is 52.0 Å². The Morgan fingerprint density at radius 2 is 1.95 bits per heavy atom. The topological polar surface area (TPSA) is 41.5 Å². The van der Waals surface area contributed by atoms with Gasteiger partial charge in [0.15, 0.2) is 11.5 Å². The zero-order chi connectivity index (χ0) is 14.7. The first-order valence-corrected chi connectivity index (χ1v) is 7.20. The molecule has 2 aromatic rings. The third-order valence-corrected chi connectivity index (χ3v) is 3.76. The van der Waals surface area contributed by atoms with E-state index in [1.54, 1.807) is 13.2 Å². The van der Waals surface area contributed by atoms with Crippen LogP contribution < -0.4 is 10.1 Å². The standard InChI is InChI=1S/C16H18BrNO2/c1-10-8-13(17)5-6-14(10)18-11(2)12-4-7-15(19)16(9-12)20-3/h4-9,11,18-19H,1-3H3. The Kier molecular flexibility index (Phi) is 4.55. The van der Waals surface area contributed by atoms with E-state index < -0.39 is 0 Å². The first kappa shape index (κ1) is 14.7. The lowest BCUT2D eigenvalue weighted by molar-refractivity contribution is 0.373. The second-order valence-electron chi connectivity index (χ2n) is 4.76. The van der Waals surface area contributed by atoms with Gasteiger partial charge in [-0.15, -0.1) is 0 Å². The van der Waals surface area contributed by atoms with E-state index in [2.05, 4.69) is 41.2 Å². The van der Waals surface area contributed by atoms with Gasteiger partial charge >= 0.3 is 0 Å². The number of nitrogens with one attached hydrogen (secondary N) is 1. The van der Waals surface area contributed by atoms with Crippen LogP contribution in [0.2, 0.25) is 0 Å². The van der Waals surface area contributed by atoms with E-state index in [0.29, 0.717) is 5.75 Å². The average molecular weight is 336 g/mol. The predicted molar refractivity (Wildman–Crippen MR) is 85.6 cm³/mol. The van der Waals surface area contributed by atoms with Gasteiger partial charge in [-0.25, -0.2) is 0 Å². The van der Waals surface area contributed by atoms with E-state index in [-0.39, 0.29) is 11.8 Å². The summed E-state index contributed by atoms with van der Waals surface area (Å²) < 4.78 is 6.21. The lowest BCUT2D eigenvalue weighted by Crippen LogP contribution is -2.07. The summed E-state index contributed by atoms with van der Waals surface area (Å²) in [7, 11) is 1.55. The third kappa shape index (κ3) is 3.25. The molecule has 0 radical (unpaired) electrons. The molecule has 106 valence electrons. The zero-order valence-electron chi connectivity index (χ0n) is 11.8. The monoisotopic (exact) mass is 335 g/mol. The van der Waals surface area contributed by atoms with Crippen molar-refractivity contribution >= 4 is 21.6 Å². The van der Waals surface area contributed by atoms with Crippen LogP contribution in [0.3, 0.4) is 0 Å². The van der Waals surface area contributed by atoms with Crippen LogP contribution in [-0.2, 0) is 0 Å². The summed E-state index contributed by atoms with van der Waals surface area (Å²) in [5.74, 6) is 0.645. The van der Waals surface area contributed by atoms with Crippen LogP contribution in [0.4, 0.5) is 5.69 Å². The quantitative estimate of drug-likeness (QED) is 0.854. The summed E-state index contributed by atoms with van der Waals surface area (Å²) in [5.41, 5.74) is 3.33. The molecule has 3 nitrogen and oxygen atoms in total. The van der Waals surface area contributed by atoms with Gasteiger partial charge in [-0.05, 0) is 55.3 Å². The number of anilines is 1.